The van der Waals surface area contributed by atoms with E-state index < -0.39 is 17.3 Å². The standard InChI is InChI=1S/C13H17F2N3O/c1-8-7-17(2)3-4-18(8)13(19)9-5-10(14)12(16)11(15)6-9/h5-6,8H,3-4,7,16H2,1-2H3. The van der Waals surface area contributed by atoms with Crippen LogP contribution in [0.4, 0.5) is 14.5 Å². The van der Waals surface area contributed by atoms with Crippen molar-refractivity contribution in [3.8, 4) is 0 Å². The fourth-order valence-corrected chi connectivity index (χ4v) is 2.32. The summed E-state index contributed by atoms with van der Waals surface area (Å²) in [5, 5.41) is 0. The normalized spacial score (nSPS) is 20.6. The number of halogens is 2. The Hall–Kier alpha value is -1.69. The van der Waals surface area contributed by atoms with Crippen molar-refractivity contribution in [2.75, 3.05) is 32.4 Å². The highest BCUT2D eigenvalue weighted by Gasteiger charge is 2.27. The molecule has 1 aromatic rings. The van der Waals surface area contributed by atoms with Crippen LogP contribution in [0.2, 0.25) is 0 Å². The molecule has 0 aromatic heterocycles. The van der Waals surface area contributed by atoms with Crippen LogP contribution in [0, 0.1) is 11.6 Å². The fourth-order valence-electron chi connectivity index (χ4n) is 2.32. The number of nitrogen functional groups attached to an aromatic ring is 1. The first-order valence-corrected chi connectivity index (χ1v) is 6.14. The number of hydrogen-bond donors (Lipinski definition) is 1. The van der Waals surface area contributed by atoms with Crippen molar-refractivity contribution >= 4 is 11.6 Å². The van der Waals surface area contributed by atoms with Gasteiger partial charge in [0.15, 0.2) is 0 Å². The molecule has 1 heterocycles. The van der Waals surface area contributed by atoms with Crippen molar-refractivity contribution in [3.05, 3.63) is 29.3 Å². The molecule has 1 aliphatic rings. The maximum Gasteiger partial charge on any atom is 0.254 e. The van der Waals surface area contributed by atoms with Crippen molar-refractivity contribution in [1.29, 1.82) is 0 Å². The molecule has 1 aromatic carbocycles. The van der Waals surface area contributed by atoms with Gasteiger partial charge in [0, 0.05) is 31.2 Å². The number of hydrogen-bond acceptors (Lipinski definition) is 3. The molecule has 1 saturated heterocycles. The second kappa shape index (κ2) is 5.13. The SMILES string of the molecule is CC1CN(C)CCN1C(=O)c1cc(F)c(N)c(F)c1. The Labute approximate surface area is 110 Å². The van der Waals surface area contributed by atoms with Crippen LogP contribution < -0.4 is 5.73 Å². The number of rotatable bonds is 1. The van der Waals surface area contributed by atoms with E-state index in [2.05, 4.69) is 4.90 Å². The van der Waals surface area contributed by atoms with Crippen LogP contribution in [-0.4, -0.2) is 48.4 Å². The summed E-state index contributed by atoms with van der Waals surface area (Å²) in [5.41, 5.74) is 4.64. The summed E-state index contributed by atoms with van der Waals surface area (Å²) in [6, 6.07) is 1.99. The van der Waals surface area contributed by atoms with Crippen LogP contribution in [0.15, 0.2) is 12.1 Å². The number of nitrogens with two attached hydrogens (primary N) is 1. The van der Waals surface area contributed by atoms with Crippen LogP contribution in [0.1, 0.15) is 17.3 Å². The number of nitrogens with zero attached hydrogens (tertiary/aromatic N) is 2. The zero-order valence-electron chi connectivity index (χ0n) is 11.0. The minimum Gasteiger partial charge on any atom is -0.394 e. The Balaban J connectivity index is 2.25. The predicted molar refractivity (Wildman–Crippen MR) is 68.8 cm³/mol. The van der Waals surface area contributed by atoms with Gasteiger partial charge in [0.05, 0.1) is 0 Å². The summed E-state index contributed by atoms with van der Waals surface area (Å²) in [7, 11) is 1.97. The Bertz CT molecular complexity index is 484. The second-order valence-electron chi connectivity index (χ2n) is 4.96. The number of benzene rings is 1. The lowest BCUT2D eigenvalue weighted by Gasteiger charge is -2.38. The van der Waals surface area contributed by atoms with E-state index in [1.165, 1.54) is 0 Å². The van der Waals surface area contributed by atoms with Crippen molar-refractivity contribution in [1.82, 2.24) is 9.80 Å². The van der Waals surface area contributed by atoms with Gasteiger partial charge in [-0.05, 0) is 26.1 Å². The zero-order chi connectivity index (χ0) is 14.2. The predicted octanol–water partition coefficient (Wildman–Crippen LogP) is 1.32. The maximum absolute atomic E-state index is 13.4. The minimum atomic E-state index is -0.898. The second-order valence-corrected chi connectivity index (χ2v) is 4.96. The van der Waals surface area contributed by atoms with Crippen molar-refractivity contribution < 1.29 is 13.6 Å². The summed E-state index contributed by atoms with van der Waals surface area (Å²) in [6.45, 7) is 3.95. The fraction of sp³-hybridized carbons (Fsp3) is 0.462. The van der Waals surface area contributed by atoms with Gasteiger partial charge in [-0.25, -0.2) is 8.78 Å². The molecule has 1 atom stereocenters. The third kappa shape index (κ3) is 2.68. The molecule has 104 valence electrons. The van der Waals surface area contributed by atoms with Gasteiger partial charge in [0.1, 0.15) is 17.3 Å². The van der Waals surface area contributed by atoms with Gasteiger partial charge in [-0.3, -0.25) is 4.79 Å². The van der Waals surface area contributed by atoms with E-state index >= 15 is 0 Å². The lowest BCUT2D eigenvalue weighted by molar-refractivity contribution is 0.0532. The highest BCUT2D eigenvalue weighted by molar-refractivity contribution is 5.95. The first-order chi connectivity index (χ1) is 8.90. The van der Waals surface area contributed by atoms with E-state index in [-0.39, 0.29) is 17.5 Å². The van der Waals surface area contributed by atoms with E-state index in [1.807, 2.05) is 14.0 Å². The largest absolute Gasteiger partial charge is 0.394 e. The Kier molecular flexibility index (Phi) is 3.71. The lowest BCUT2D eigenvalue weighted by atomic mass is 10.1. The van der Waals surface area contributed by atoms with Crippen LogP contribution in [-0.2, 0) is 0 Å². The van der Waals surface area contributed by atoms with Gasteiger partial charge in [0.2, 0.25) is 0 Å². The van der Waals surface area contributed by atoms with Gasteiger partial charge < -0.3 is 15.5 Å². The number of amides is 1. The third-order valence-corrected chi connectivity index (χ3v) is 3.42. The maximum atomic E-state index is 13.4. The number of anilines is 1. The molecule has 19 heavy (non-hydrogen) atoms. The van der Waals surface area contributed by atoms with E-state index in [1.54, 1.807) is 4.90 Å². The lowest BCUT2D eigenvalue weighted by Crippen LogP contribution is -2.52. The summed E-state index contributed by atoms with van der Waals surface area (Å²) in [6.07, 6.45) is 0. The Morgan fingerprint density at radius 2 is 1.89 bits per heavy atom. The minimum absolute atomic E-state index is 0.000558. The highest BCUT2D eigenvalue weighted by atomic mass is 19.1. The molecule has 0 spiro atoms. The van der Waals surface area contributed by atoms with Crippen LogP contribution >= 0.6 is 0 Å². The van der Waals surface area contributed by atoms with Gasteiger partial charge in [-0.2, -0.15) is 0 Å². The van der Waals surface area contributed by atoms with Gasteiger partial charge >= 0.3 is 0 Å². The molecular formula is C13H17F2N3O. The Morgan fingerprint density at radius 1 is 1.32 bits per heavy atom. The molecule has 1 unspecified atom stereocenters. The average Bonchev–Trinajstić information content (AvgIpc) is 2.34. The highest BCUT2D eigenvalue weighted by Crippen LogP contribution is 2.20. The molecule has 6 heteroatoms. The van der Waals surface area contributed by atoms with Crippen LogP contribution in [0.5, 0.6) is 0 Å². The molecule has 0 saturated carbocycles. The van der Waals surface area contributed by atoms with Crippen molar-refractivity contribution in [2.24, 2.45) is 0 Å². The number of carbonyl (C=O) groups excluding carboxylic acids is 1. The summed E-state index contributed by atoms with van der Waals surface area (Å²) < 4.78 is 26.8. The molecule has 1 aliphatic heterocycles. The molecule has 2 rings (SSSR count). The first kappa shape index (κ1) is 13.7. The van der Waals surface area contributed by atoms with E-state index in [9.17, 15) is 13.6 Å². The summed E-state index contributed by atoms with van der Waals surface area (Å²) in [4.78, 5) is 16.0. The van der Waals surface area contributed by atoms with Crippen LogP contribution in [0.25, 0.3) is 0 Å². The first-order valence-electron chi connectivity index (χ1n) is 6.14. The van der Waals surface area contributed by atoms with E-state index in [4.69, 9.17) is 5.73 Å². The number of likely N-dealkylation sites (N-methyl/N-ethyl adjacent to an activating group) is 1. The molecule has 2 N–H and O–H groups in total. The van der Waals surface area contributed by atoms with Gasteiger partial charge in [-0.1, -0.05) is 0 Å². The summed E-state index contributed by atoms with van der Waals surface area (Å²) >= 11 is 0. The number of carbonyl (C=O) groups is 1. The van der Waals surface area contributed by atoms with Crippen molar-refractivity contribution in [3.63, 3.8) is 0 Å². The molecule has 4 nitrogen and oxygen atoms in total. The van der Waals surface area contributed by atoms with Crippen molar-refractivity contribution in [2.45, 2.75) is 13.0 Å². The molecule has 0 bridgehead atoms. The topological polar surface area (TPSA) is 49.6 Å². The number of piperazine rings is 1. The Morgan fingerprint density at radius 3 is 2.42 bits per heavy atom. The monoisotopic (exact) mass is 269 g/mol. The summed E-state index contributed by atoms with van der Waals surface area (Å²) in [5.74, 6) is -2.16. The molecule has 0 aliphatic carbocycles. The molecule has 1 amide bonds. The molecule has 1 fully saturated rings. The van der Waals surface area contributed by atoms with Gasteiger partial charge in [0.25, 0.3) is 5.91 Å². The third-order valence-electron chi connectivity index (χ3n) is 3.42. The molecule has 0 radical (unpaired) electrons. The molecular weight excluding hydrogens is 252 g/mol. The quantitative estimate of drug-likeness (QED) is 0.782. The average molecular weight is 269 g/mol. The van der Waals surface area contributed by atoms with Crippen LogP contribution in [0.3, 0.4) is 0 Å². The van der Waals surface area contributed by atoms with E-state index in [0.717, 1.165) is 25.2 Å². The zero-order valence-corrected chi connectivity index (χ0v) is 11.0. The van der Waals surface area contributed by atoms with E-state index in [0.29, 0.717) is 6.54 Å². The smallest absolute Gasteiger partial charge is 0.254 e. The van der Waals surface area contributed by atoms with Gasteiger partial charge in [-0.15, -0.1) is 0 Å².